The van der Waals surface area contributed by atoms with Crippen molar-refractivity contribution in [2.24, 2.45) is 5.92 Å². The first-order chi connectivity index (χ1) is 9.06. The van der Waals surface area contributed by atoms with Gasteiger partial charge in [0.1, 0.15) is 0 Å². The van der Waals surface area contributed by atoms with Gasteiger partial charge in [-0.15, -0.1) is 10.2 Å². The van der Waals surface area contributed by atoms with E-state index >= 15 is 0 Å². The molecule has 0 atom stereocenters. The summed E-state index contributed by atoms with van der Waals surface area (Å²) < 4.78 is 1.59. The van der Waals surface area contributed by atoms with Crippen molar-refractivity contribution in [1.29, 1.82) is 0 Å². The lowest BCUT2D eigenvalue weighted by atomic mass is 10.1. The molecule has 0 unspecified atom stereocenters. The van der Waals surface area contributed by atoms with E-state index in [9.17, 15) is 0 Å². The number of benzene rings is 1. The van der Waals surface area contributed by atoms with Crippen LogP contribution in [0.25, 0.3) is 0 Å². The number of rotatable bonds is 5. The van der Waals surface area contributed by atoms with Gasteiger partial charge in [-0.05, 0) is 23.6 Å². The summed E-state index contributed by atoms with van der Waals surface area (Å²) >= 11 is 1.58. The minimum absolute atomic E-state index is 0.515. The third kappa shape index (κ3) is 3.64. The van der Waals surface area contributed by atoms with Crippen molar-refractivity contribution in [3.05, 3.63) is 35.7 Å². The zero-order valence-corrected chi connectivity index (χ0v) is 12.0. The molecule has 0 spiro atoms. The predicted octanol–water partition coefficient (Wildman–Crippen LogP) is 2.06. The first-order valence-electron chi connectivity index (χ1n) is 6.23. The summed E-state index contributed by atoms with van der Waals surface area (Å²) in [4.78, 5) is 0. The van der Waals surface area contributed by atoms with Gasteiger partial charge in [-0.3, -0.25) is 0 Å². The lowest BCUT2D eigenvalue weighted by molar-refractivity contribution is 0.603. The summed E-state index contributed by atoms with van der Waals surface area (Å²) in [6.45, 7) is 4.27. The Kier molecular flexibility index (Phi) is 4.31. The molecule has 102 valence electrons. The zero-order chi connectivity index (χ0) is 13.8. The summed E-state index contributed by atoms with van der Waals surface area (Å²) in [5, 5.41) is 9.00. The fourth-order valence-corrected chi connectivity index (χ4v) is 2.50. The second kappa shape index (κ2) is 5.97. The molecule has 0 bridgehead atoms. The summed E-state index contributed by atoms with van der Waals surface area (Å²) in [7, 11) is 0. The molecule has 1 heterocycles. The Bertz CT molecular complexity index is 532. The highest BCUT2D eigenvalue weighted by Crippen LogP contribution is 2.21. The van der Waals surface area contributed by atoms with Crippen molar-refractivity contribution in [1.82, 2.24) is 14.9 Å². The number of nitrogens with two attached hydrogens (primary N) is 2. The van der Waals surface area contributed by atoms with E-state index in [1.54, 1.807) is 16.4 Å². The van der Waals surface area contributed by atoms with Crippen molar-refractivity contribution >= 4 is 17.4 Å². The Morgan fingerprint density at radius 2 is 1.89 bits per heavy atom. The van der Waals surface area contributed by atoms with E-state index in [4.69, 9.17) is 11.6 Å². The monoisotopic (exact) mass is 277 g/mol. The molecule has 1 aromatic heterocycles. The van der Waals surface area contributed by atoms with Crippen molar-refractivity contribution in [3.63, 3.8) is 0 Å². The number of nitrogen functional groups attached to an aromatic ring is 2. The van der Waals surface area contributed by atoms with Gasteiger partial charge >= 0.3 is 0 Å². The van der Waals surface area contributed by atoms with E-state index in [0.29, 0.717) is 5.92 Å². The van der Waals surface area contributed by atoms with Gasteiger partial charge in [0, 0.05) is 17.9 Å². The minimum atomic E-state index is 0.515. The summed E-state index contributed by atoms with van der Waals surface area (Å²) in [5.41, 5.74) is 7.62. The fourth-order valence-electron chi connectivity index (χ4n) is 1.67. The molecule has 0 aliphatic heterocycles. The molecule has 6 heteroatoms. The molecule has 19 heavy (non-hydrogen) atoms. The molecule has 2 aromatic rings. The topological polar surface area (TPSA) is 82.8 Å². The van der Waals surface area contributed by atoms with E-state index in [2.05, 4.69) is 24.0 Å². The van der Waals surface area contributed by atoms with Crippen LogP contribution in [0.2, 0.25) is 0 Å². The first kappa shape index (κ1) is 13.7. The van der Waals surface area contributed by atoms with E-state index in [1.807, 2.05) is 24.3 Å². The van der Waals surface area contributed by atoms with Crippen LogP contribution < -0.4 is 11.6 Å². The second-order valence-electron chi connectivity index (χ2n) is 4.90. The number of nitrogens with zero attached hydrogens (tertiary/aromatic N) is 3. The SMILES string of the molecule is CC(C)Cc1nnc(SCc2ccc(N)cc2)n1N. The van der Waals surface area contributed by atoms with Gasteiger partial charge in [-0.25, -0.2) is 4.68 Å². The van der Waals surface area contributed by atoms with E-state index < -0.39 is 0 Å². The van der Waals surface area contributed by atoms with E-state index in [-0.39, 0.29) is 0 Å². The van der Waals surface area contributed by atoms with Crippen LogP contribution in [0.5, 0.6) is 0 Å². The van der Waals surface area contributed by atoms with Crippen LogP contribution in [0.4, 0.5) is 5.69 Å². The number of hydrogen-bond acceptors (Lipinski definition) is 5. The minimum Gasteiger partial charge on any atom is -0.399 e. The van der Waals surface area contributed by atoms with Gasteiger partial charge in [-0.2, -0.15) is 0 Å². The number of anilines is 1. The zero-order valence-electron chi connectivity index (χ0n) is 11.2. The van der Waals surface area contributed by atoms with Crippen molar-refractivity contribution in [3.8, 4) is 0 Å². The van der Waals surface area contributed by atoms with Gasteiger partial charge in [0.15, 0.2) is 5.82 Å². The van der Waals surface area contributed by atoms with Crippen molar-refractivity contribution < 1.29 is 0 Å². The number of hydrogen-bond donors (Lipinski definition) is 2. The summed E-state index contributed by atoms with van der Waals surface area (Å²) in [6.07, 6.45) is 0.839. The van der Waals surface area contributed by atoms with Crippen molar-refractivity contribution in [2.45, 2.75) is 31.2 Å². The molecule has 5 nitrogen and oxygen atoms in total. The molecule has 0 aliphatic rings. The summed E-state index contributed by atoms with van der Waals surface area (Å²) in [5.74, 6) is 8.14. The fraction of sp³-hybridized carbons (Fsp3) is 0.385. The van der Waals surface area contributed by atoms with Gasteiger partial charge in [-0.1, -0.05) is 37.7 Å². The molecular weight excluding hydrogens is 258 g/mol. The Hall–Kier alpha value is -1.69. The van der Waals surface area contributed by atoms with Gasteiger partial charge in [0.25, 0.3) is 0 Å². The molecule has 4 N–H and O–H groups in total. The molecular formula is C13H19N5S. The third-order valence-corrected chi connectivity index (χ3v) is 3.69. The maximum absolute atomic E-state index is 5.99. The average Bonchev–Trinajstić information content (AvgIpc) is 2.70. The normalized spacial score (nSPS) is 11.1. The Balaban J connectivity index is 2.00. The van der Waals surface area contributed by atoms with Crippen LogP contribution in [-0.2, 0) is 12.2 Å². The molecule has 0 amide bonds. The summed E-state index contributed by atoms with van der Waals surface area (Å²) in [6, 6.07) is 7.81. The average molecular weight is 277 g/mol. The largest absolute Gasteiger partial charge is 0.399 e. The first-order valence-corrected chi connectivity index (χ1v) is 7.21. The Labute approximate surface area is 117 Å². The van der Waals surface area contributed by atoms with Crippen LogP contribution in [0.15, 0.2) is 29.4 Å². The van der Waals surface area contributed by atoms with E-state index in [0.717, 1.165) is 28.8 Å². The Morgan fingerprint density at radius 3 is 2.53 bits per heavy atom. The highest BCUT2D eigenvalue weighted by molar-refractivity contribution is 7.98. The predicted molar refractivity (Wildman–Crippen MR) is 79.1 cm³/mol. The van der Waals surface area contributed by atoms with Gasteiger partial charge in [0.05, 0.1) is 0 Å². The van der Waals surface area contributed by atoms with Crippen LogP contribution in [-0.4, -0.2) is 14.9 Å². The molecule has 2 rings (SSSR count). The van der Waals surface area contributed by atoms with Gasteiger partial charge in [0.2, 0.25) is 5.16 Å². The standard InChI is InChI=1S/C13H19N5S/c1-9(2)7-12-16-17-13(18(12)15)19-8-10-3-5-11(14)6-4-10/h3-6,9H,7-8,14-15H2,1-2H3. The Morgan fingerprint density at radius 1 is 1.21 bits per heavy atom. The molecule has 0 saturated heterocycles. The number of thioether (sulfide) groups is 1. The maximum Gasteiger partial charge on any atom is 0.210 e. The van der Waals surface area contributed by atoms with Crippen LogP contribution in [0, 0.1) is 5.92 Å². The number of aromatic nitrogens is 3. The lowest BCUT2D eigenvalue weighted by Crippen LogP contribution is -2.15. The van der Waals surface area contributed by atoms with Crippen LogP contribution >= 0.6 is 11.8 Å². The third-order valence-electron chi connectivity index (χ3n) is 2.67. The van der Waals surface area contributed by atoms with E-state index in [1.165, 1.54) is 5.56 Å². The quantitative estimate of drug-likeness (QED) is 0.496. The van der Waals surface area contributed by atoms with Gasteiger partial charge < -0.3 is 11.6 Å². The molecule has 1 aromatic carbocycles. The second-order valence-corrected chi connectivity index (χ2v) is 5.84. The highest BCUT2D eigenvalue weighted by atomic mass is 32.2. The maximum atomic E-state index is 5.99. The molecule has 0 fully saturated rings. The highest BCUT2D eigenvalue weighted by Gasteiger charge is 2.11. The molecule has 0 aliphatic carbocycles. The molecule has 0 radical (unpaired) electrons. The van der Waals surface area contributed by atoms with Crippen LogP contribution in [0.3, 0.4) is 0 Å². The van der Waals surface area contributed by atoms with Crippen molar-refractivity contribution in [2.75, 3.05) is 11.6 Å². The molecule has 0 saturated carbocycles. The lowest BCUT2D eigenvalue weighted by Gasteiger charge is -2.05. The van der Waals surface area contributed by atoms with Crippen LogP contribution in [0.1, 0.15) is 25.2 Å². The smallest absolute Gasteiger partial charge is 0.210 e.